The van der Waals surface area contributed by atoms with Crippen molar-refractivity contribution in [1.29, 1.82) is 10.5 Å². The lowest BCUT2D eigenvalue weighted by Gasteiger charge is -2.13. The lowest BCUT2D eigenvalue weighted by atomic mass is 9.97. The second kappa shape index (κ2) is 6.79. The summed E-state index contributed by atoms with van der Waals surface area (Å²) in [5, 5.41) is 20.8. The van der Waals surface area contributed by atoms with E-state index in [2.05, 4.69) is 12.1 Å². The van der Waals surface area contributed by atoms with E-state index in [0.717, 1.165) is 27.0 Å². The van der Waals surface area contributed by atoms with Crippen molar-refractivity contribution in [3.8, 4) is 34.8 Å². The Balaban J connectivity index is 2.00. The molecular formula is C23H13N5S. The first kappa shape index (κ1) is 17.0. The minimum absolute atomic E-state index is 0.482. The van der Waals surface area contributed by atoms with E-state index in [9.17, 15) is 10.5 Å². The minimum atomic E-state index is 0.482. The molecular weight excluding hydrogens is 378 g/mol. The molecule has 0 spiro atoms. The number of aromatic nitrogens is 3. The number of nitriles is 2. The van der Waals surface area contributed by atoms with Gasteiger partial charge in [-0.3, -0.25) is 0 Å². The maximum absolute atomic E-state index is 10.1. The summed E-state index contributed by atoms with van der Waals surface area (Å²) in [5.74, 6) is 0.564. The molecule has 0 amide bonds. The van der Waals surface area contributed by atoms with E-state index >= 15 is 0 Å². The Kier molecular flexibility index (Phi) is 3.98. The summed E-state index contributed by atoms with van der Waals surface area (Å²) in [6, 6.07) is 22.1. The fourth-order valence-electron chi connectivity index (χ4n) is 3.57. The van der Waals surface area contributed by atoms with Gasteiger partial charge in [0, 0.05) is 35.7 Å². The van der Waals surface area contributed by atoms with Crippen molar-refractivity contribution in [3.05, 3.63) is 89.8 Å². The molecule has 136 valence electrons. The van der Waals surface area contributed by atoms with Crippen molar-refractivity contribution < 1.29 is 0 Å². The van der Waals surface area contributed by atoms with Crippen LogP contribution in [0.15, 0.2) is 79.4 Å². The van der Waals surface area contributed by atoms with Gasteiger partial charge in [0.25, 0.3) is 0 Å². The van der Waals surface area contributed by atoms with E-state index in [0.29, 0.717) is 16.3 Å². The average molecular weight is 391 g/mol. The van der Waals surface area contributed by atoms with Gasteiger partial charge in [-0.15, -0.1) is 11.3 Å². The Morgan fingerprint density at radius 1 is 0.793 bits per heavy atom. The van der Waals surface area contributed by atoms with E-state index in [4.69, 9.17) is 4.98 Å². The molecule has 0 aliphatic rings. The molecule has 0 saturated heterocycles. The van der Waals surface area contributed by atoms with Gasteiger partial charge in [-0.2, -0.15) is 10.5 Å². The summed E-state index contributed by atoms with van der Waals surface area (Å²) in [5.41, 5.74) is 2.96. The smallest absolute Gasteiger partial charge is 0.156 e. The topological polar surface area (TPSA) is 70.3 Å². The highest BCUT2D eigenvalue weighted by molar-refractivity contribution is 7.19. The molecule has 0 N–H and O–H groups in total. The molecule has 0 radical (unpaired) electrons. The van der Waals surface area contributed by atoms with Crippen LogP contribution in [-0.2, 0) is 0 Å². The number of hydrogen-bond acceptors (Lipinski definition) is 4. The summed E-state index contributed by atoms with van der Waals surface area (Å²) in [4.78, 5) is 6.10. The van der Waals surface area contributed by atoms with E-state index in [1.165, 1.54) is 11.3 Å². The molecule has 0 atom stereocenters. The van der Waals surface area contributed by atoms with Crippen LogP contribution in [0, 0.1) is 22.7 Å². The van der Waals surface area contributed by atoms with E-state index in [-0.39, 0.29) is 0 Å². The highest BCUT2D eigenvalue weighted by Crippen LogP contribution is 2.42. The molecule has 4 aromatic heterocycles. The summed E-state index contributed by atoms with van der Waals surface area (Å²) < 4.78 is 3.76. The average Bonchev–Trinajstić information content (AvgIpc) is 3.52. The normalized spacial score (nSPS) is 10.7. The minimum Gasteiger partial charge on any atom is -0.321 e. The zero-order valence-corrected chi connectivity index (χ0v) is 16.0. The fraction of sp³-hybridized carbons (Fsp3) is 0. The Hall–Kier alpha value is -4.13. The predicted octanol–water partition coefficient (Wildman–Crippen LogP) is 5.29. The number of benzene rings is 1. The number of rotatable bonds is 3. The van der Waals surface area contributed by atoms with Crippen LogP contribution in [0.3, 0.4) is 0 Å². The van der Waals surface area contributed by atoms with Gasteiger partial charge in [0.15, 0.2) is 5.82 Å². The maximum atomic E-state index is 10.1. The van der Waals surface area contributed by atoms with Gasteiger partial charge in [-0.1, -0.05) is 30.3 Å². The molecule has 29 heavy (non-hydrogen) atoms. The van der Waals surface area contributed by atoms with Crippen molar-refractivity contribution in [2.45, 2.75) is 0 Å². The number of pyridine rings is 1. The summed E-state index contributed by atoms with van der Waals surface area (Å²) in [7, 11) is 0. The monoisotopic (exact) mass is 391 g/mol. The van der Waals surface area contributed by atoms with Crippen LogP contribution < -0.4 is 0 Å². The Morgan fingerprint density at radius 2 is 1.45 bits per heavy atom. The van der Waals surface area contributed by atoms with Crippen molar-refractivity contribution in [1.82, 2.24) is 14.1 Å². The lowest BCUT2D eigenvalue weighted by Crippen LogP contribution is -2.02. The second-order valence-corrected chi connectivity index (χ2v) is 7.41. The van der Waals surface area contributed by atoms with Crippen LogP contribution >= 0.6 is 11.3 Å². The number of fused-ring (bicyclic) bond motifs is 1. The van der Waals surface area contributed by atoms with Crippen LogP contribution in [0.2, 0.25) is 0 Å². The zero-order valence-electron chi connectivity index (χ0n) is 15.1. The molecule has 4 heterocycles. The van der Waals surface area contributed by atoms with Gasteiger partial charge in [-0.05, 0) is 29.8 Å². The first-order valence-corrected chi connectivity index (χ1v) is 9.76. The zero-order chi connectivity index (χ0) is 19.8. The maximum Gasteiger partial charge on any atom is 0.156 e. The Bertz CT molecular complexity index is 1400. The molecule has 0 unspecified atom stereocenters. The molecule has 0 aliphatic carbocycles. The van der Waals surface area contributed by atoms with Gasteiger partial charge in [0.05, 0.1) is 5.69 Å². The van der Waals surface area contributed by atoms with Gasteiger partial charge in [0.1, 0.15) is 27.4 Å². The Morgan fingerprint density at radius 3 is 2.07 bits per heavy atom. The number of thiophene rings is 1. The first-order valence-electron chi connectivity index (χ1n) is 8.94. The Labute approximate surface area is 170 Å². The fourth-order valence-corrected chi connectivity index (χ4v) is 4.55. The van der Waals surface area contributed by atoms with Crippen LogP contribution in [0.4, 0.5) is 0 Å². The summed E-state index contributed by atoms with van der Waals surface area (Å²) >= 11 is 1.35. The number of hydrogen-bond donors (Lipinski definition) is 0. The third-order valence-corrected chi connectivity index (χ3v) is 5.76. The van der Waals surface area contributed by atoms with Crippen molar-refractivity contribution in [2.75, 3.05) is 0 Å². The van der Waals surface area contributed by atoms with Crippen molar-refractivity contribution in [2.24, 2.45) is 0 Å². The quantitative estimate of drug-likeness (QED) is 0.420. The highest BCUT2D eigenvalue weighted by atomic mass is 32.1. The standard InChI is InChI=1S/C23H13N5S/c24-14-17-19(16-8-2-1-3-9-16)20-21(27-10-4-5-11-27)18(15-25)29-23(20)26-22(17)28-12-6-7-13-28/h1-13H. The van der Waals surface area contributed by atoms with Gasteiger partial charge in [-0.25, -0.2) is 4.98 Å². The van der Waals surface area contributed by atoms with E-state index in [1.54, 1.807) is 0 Å². The van der Waals surface area contributed by atoms with Gasteiger partial charge >= 0.3 is 0 Å². The number of nitrogens with zero attached hydrogens (tertiary/aromatic N) is 5. The molecule has 0 fully saturated rings. The molecule has 5 aromatic rings. The van der Waals surface area contributed by atoms with E-state index in [1.807, 2.05) is 88.5 Å². The molecule has 5 rings (SSSR count). The van der Waals surface area contributed by atoms with Gasteiger partial charge < -0.3 is 9.13 Å². The van der Waals surface area contributed by atoms with Crippen LogP contribution in [0.25, 0.3) is 32.8 Å². The molecule has 0 aliphatic heterocycles. The lowest BCUT2D eigenvalue weighted by molar-refractivity contribution is 1.02. The SMILES string of the molecule is N#Cc1sc2nc(-n3cccc3)c(C#N)c(-c3ccccc3)c2c1-n1cccc1. The molecule has 1 aromatic carbocycles. The van der Waals surface area contributed by atoms with E-state index < -0.39 is 0 Å². The molecule has 5 nitrogen and oxygen atoms in total. The molecule has 0 bridgehead atoms. The third-order valence-electron chi connectivity index (χ3n) is 4.78. The molecule has 6 heteroatoms. The summed E-state index contributed by atoms with van der Waals surface area (Å²) in [6.45, 7) is 0. The first-order chi connectivity index (χ1) is 14.3. The summed E-state index contributed by atoms with van der Waals surface area (Å²) in [6.07, 6.45) is 7.55. The van der Waals surface area contributed by atoms with Gasteiger partial charge in [0.2, 0.25) is 0 Å². The third kappa shape index (κ3) is 2.63. The van der Waals surface area contributed by atoms with Crippen LogP contribution in [-0.4, -0.2) is 14.1 Å². The van der Waals surface area contributed by atoms with Crippen LogP contribution in [0.1, 0.15) is 10.4 Å². The molecule has 0 saturated carbocycles. The largest absolute Gasteiger partial charge is 0.321 e. The highest BCUT2D eigenvalue weighted by Gasteiger charge is 2.24. The van der Waals surface area contributed by atoms with Crippen LogP contribution in [0.5, 0.6) is 0 Å². The predicted molar refractivity (Wildman–Crippen MR) is 113 cm³/mol. The van der Waals surface area contributed by atoms with Crippen molar-refractivity contribution >= 4 is 21.6 Å². The van der Waals surface area contributed by atoms with Crippen molar-refractivity contribution in [3.63, 3.8) is 0 Å². The second-order valence-electron chi connectivity index (χ2n) is 6.42.